The first kappa shape index (κ1) is 43.4. The SMILES string of the molecule is CC(C)CCON=O.CCC(=O)N[C@@H](CC(=O)O)C(=O)OCc1ccccc1.CCC(=O)S.COC(=O)[C@@H](N)CC(=O)O. The van der Waals surface area contributed by atoms with Gasteiger partial charge in [-0.3, -0.25) is 24.0 Å². The maximum absolute atomic E-state index is 11.8. The number of carboxylic acids is 2. The van der Waals surface area contributed by atoms with Crippen LogP contribution in [0.15, 0.2) is 35.7 Å². The van der Waals surface area contributed by atoms with Crippen molar-refractivity contribution in [2.45, 2.75) is 78.5 Å². The lowest BCUT2D eigenvalue weighted by Gasteiger charge is -2.15. The van der Waals surface area contributed by atoms with Gasteiger partial charge in [0.1, 0.15) is 25.3 Å². The first-order chi connectivity index (χ1) is 20.1. The molecule has 0 unspecified atom stereocenters. The van der Waals surface area contributed by atoms with Gasteiger partial charge in [-0.2, -0.15) is 0 Å². The molecule has 0 fully saturated rings. The Morgan fingerprint density at radius 1 is 0.953 bits per heavy atom. The summed E-state index contributed by atoms with van der Waals surface area (Å²) >= 11 is 3.46. The Kier molecular flexibility index (Phi) is 28.4. The predicted octanol–water partition coefficient (Wildman–Crippen LogP) is 2.64. The van der Waals surface area contributed by atoms with Crippen molar-refractivity contribution in [3.05, 3.63) is 40.8 Å². The lowest BCUT2D eigenvalue weighted by atomic mass is 10.1. The molecule has 0 aliphatic heterocycles. The van der Waals surface area contributed by atoms with Crippen LogP contribution in [-0.2, 0) is 49.7 Å². The highest BCUT2D eigenvalue weighted by atomic mass is 32.1. The van der Waals surface area contributed by atoms with Crippen LogP contribution in [0.5, 0.6) is 0 Å². The molecule has 16 heteroatoms. The summed E-state index contributed by atoms with van der Waals surface area (Å²) in [7, 11) is 1.16. The van der Waals surface area contributed by atoms with E-state index in [9.17, 15) is 33.7 Å². The van der Waals surface area contributed by atoms with Crippen molar-refractivity contribution in [1.29, 1.82) is 0 Å². The van der Waals surface area contributed by atoms with E-state index < -0.39 is 54.7 Å². The number of thiol groups is 1. The summed E-state index contributed by atoms with van der Waals surface area (Å²) in [6.07, 6.45) is 0.697. The molecular formula is C27H43N3O12S. The van der Waals surface area contributed by atoms with Crippen LogP contribution in [0.2, 0.25) is 0 Å². The molecule has 1 rings (SSSR count). The molecule has 244 valence electrons. The standard InChI is InChI=1S/C14H17NO5.C5H9NO4.C5H11NO2.C3H6OS/c1-2-12(16)15-11(8-13(17)18)14(19)20-9-10-6-4-3-5-7-10;1-10-5(9)3(6)2-4(7)8;1-5(2)3-4-8-6-7;1-2-3(4)5/h3-7,11H,2,8-9H2,1H3,(H,15,16)(H,17,18);3H,2,6H2,1H3,(H,7,8);5H,3-4H2,1-2H3;2H2,1H3,(H,4,5)/t11-;3-;;/m00../s1. The van der Waals surface area contributed by atoms with Gasteiger partial charge in [0, 0.05) is 12.8 Å². The van der Waals surface area contributed by atoms with Crippen molar-refractivity contribution in [2.24, 2.45) is 17.0 Å². The smallest absolute Gasteiger partial charge is 0.329 e. The first-order valence-electron chi connectivity index (χ1n) is 13.1. The summed E-state index contributed by atoms with van der Waals surface area (Å²) in [5.74, 6) is -3.56. The number of aliphatic carboxylic acids is 2. The number of hydrogen-bond donors (Lipinski definition) is 5. The van der Waals surface area contributed by atoms with E-state index in [0.717, 1.165) is 19.1 Å². The van der Waals surface area contributed by atoms with Gasteiger partial charge < -0.3 is 35.6 Å². The van der Waals surface area contributed by atoms with Gasteiger partial charge in [0.2, 0.25) is 5.91 Å². The third-order valence-electron chi connectivity index (χ3n) is 4.58. The van der Waals surface area contributed by atoms with E-state index in [1.54, 1.807) is 38.1 Å². The number of esters is 2. The Morgan fingerprint density at radius 3 is 1.88 bits per heavy atom. The molecule has 0 spiro atoms. The molecule has 0 aliphatic rings. The molecule has 1 aromatic rings. The van der Waals surface area contributed by atoms with Gasteiger partial charge in [0.25, 0.3) is 0 Å². The summed E-state index contributed by atoms with van der Waals surface area (Å²) in [4.78, 5) is 77.4. The molecule has 1 amide bonds. The zero-order chi connectivity index (χ0) is 33.8. The molecule has 0 aromatic heterocycles. The number of hydrogen-bond acceptors (Lipinski definition) is 12. The minimum absolute atomic E-state index is 0.0395. The average molecular weight is 634 g/mol. The fourth-order valence-electron chi connectivity index (χ4n) is 2.24. The molecule has 0 saturated heterocycles. The number of carbonyl (C=O) groups excluding carboxylic acids is 4. The average Bonchev–Trinajstić information content (AvgIpc) is 2.95. The zero-order valence-electron chi connectivity index (χ0n) is 25.0. The Labute approximate surface area is 256 Å². The largest absolute Gasteiger partial charge is 0.481 e. The number of nitrogens with one attached hydrogen (secondary N) is 1. The summed E-state index contributed by atoms with van der Waals surface area (Å²) < 4.78 is 9.21. The van der Waals surface area contributed by atoms with E-state index >= 15 is 0 Å². The second-order valence-electron chi connectivity index (χ2n) is 8.73. The highest BCUT2D eigenvalue weighted by molar-refractivity contribution is 7.96. The minimum atomic E-state index is -1.18. The van der Waals surface area contributed by atoms with Crippen molar-refractivity contribution >= 4 is 47.5 Å². The van der Waals surface area contributed by atoms with Gasteiger partial charge in [-0.1, -0.05) is 58.0 Å². The van der Waals surface area contributed by atoms with Crippen LogP contribution in [-0.4, -0.2) is 70.9 Å². The fraction of sp³-hybridized carbons (Fsp3) is 0.556. The van der Waals surface area contributed by atoms with E-state index in [1.807, 2.05) is 6.07 Å². The van der Waals surface area contributed by atoms with E-state index in [1.165, 1.54) is 0 Å². The summed E-state index contributed by atoms with van der Waals surface area (Å²) in [5.41, 5.74) is 5.86. The van der Waals surface area contributed by atoms with Crippen molar-refractivity contribution in [3.8, 4) is 0 Å². The van der Waals surface area contributed by atoms with Gasteiger partial charge in [-0.25, -0.2) is 4.79 Å². The number of rotatable bonds is 15. The molecule has 0 bridgehead atoms. The Bertz CT molecular complexity index is 977. The lowest BCUT2D eigenvalue weighted by molar-refractivity contribution is -0.152. The zero-order valence-corrected chi connectivity index (χ0v) is 25.9. The molecule has 1 aromatic carbocycles. The molecule has 0 aliphatic carbocycles. The second-order valence-corrected chi connectivity index (χ2v) is 9.23. The highest BCUT2D eigenvalue weighted by Gasteiger charge is 2.24. The number of nitrogens with two attached hydrogens (primary N) is 1. The Morgan fingerprint density at radius 2 is 1.49 bits per heavy atom. The van der Waals surface area contributed by atoms with Crippen molar-refractivity contribution in [2.75, 3.05) is 13.7 Å². The molecule has 0 heterocycles. The third kappa shape index (κ3) is 30.7. The number of methoxy groups -OCH3 is 1. The summed E-state index contributed by atoms with van der Waals surface area (Å²) in [5, 5.41) is 21.4. The predicted molar refractivity (Wildman–Crippen MR) is 158 cm³/mol. The van der Waals surface area contributed by atoms with Gasteiger partial charge >= 0.3 is 23.9 Å². The number of benzene rings is 1. The van der Waals surface area contributed by atoms with Crippen molar-refractivity contribution < 1.29 is 53.3 Å². The van der Waals surface area contributed by atoms with Crippen LogP contribution in [0.1, 0.15) is 65.4 Å². The summed E-state index contributed by atoms with van der Waals surface area (Å²) in [6, 6.07) is 6.79. The quantitative estimate of drug-likeness (QED) is 0.0614. The lowest BCUT2D eigenvalue weighted by Crippen LogP contribution is -2.42. The van der Waals surface area contributed by atoms with Crippen LogP contribution in [0.3, 0.4) is 0 Å². The molecule has 2 atom stereocenters. The Hall–Kier alpha value is -4.05. The normalized spacial score (nSPS) is 10.8. The van der Waals surface area contributed by atoms with Crippen LogP contribution < -0.4 is 11.1 Å². The fourth-order valence-corrected chi connectivity index (χ4v) is 2.24. The van der Waals surface area contributed by atoms with Gasteiger partial charge in [0.15, 0.2) is 10.5 Å². The van der Waals surface area contributed by atoms with Crippen molar-refractivity contribution in [1.82, 2.24) is 5.32 Å². The number of ether oxygens (including phenoxy) is 2. The van der Waals surface area contributed by atoms with E-state index in [0.29, 0.717) is 18.9 Å². The van der Waals surface area contributed by atoms with Crippen LogP contribution in [0.25, 0.3) is 0 Å². The number of carbonyl (C=O) groups is 6. The maximum Gasteiger partial charge on any atom is 0.329 e. The van der Waals surface area contributed by atoms with E-state index in [-0.39, 0.29) is 18.1 Å². The number of amides is 1. The second kappa shape index (κ2) is 28.1. The molecule has 0 radical (unpaired) electrons. The molecule has 15 nitrogen and oxygen atoms in total. The van der Waals surface area contributed by atoms with Gasteiger partial charge in [0.05, 0.1) is 20.0 Å². The molecule has 0 saturated carbocycles. The topological polar surface area (TPSA) is 238 Å². The highest BCUT2D eigenvalue weighted by Crippen LogP contribution is 2.04. The Balaban J connectivity index is -0.000000579. The molecule has 43 heavy (non-hydrogen) atoms. The van der Waals surface area contributed by atoms with E-state index in [2.05, 4.69) is 46.7 Å². The maximum atomic E-state index is 11.8. The van der Waals surface area contributed by atoms with Crippen LogP contribution in [0, 0.1) is 10.8 Å². The first-order valence-corrected chi connectivity index (χ1v) is 13.5. The third-order valence-corrected chi connectivity index (χ3v) is 4.90. The number of nitrogens with zero attached hydrogens (tertiary/aromatic N) is 1. The van der Waals surface area contributed by atoms with Crippen molar-refractivity contribution in [3.63, 3.8) is 0 Å². The molecular weight excluding hydrogens is 590 g/mol. The van der Waals surface area contributed by atoms with Gasteiger partial charge in [-0.15, -0.1) is 17.5 Å². The minimum Gasteiger partial charge on any atom is -0.481 e. The molecule has 5 N–H and O–H groups in total. The summed E-state index contributed by atoms with van der Waals surface area (Å²) in [6.45, 7) is 8.00. The monoisotopic (exact) mass is 633 g/mol. The number of carboxylic acid groups (broad SMARTS) is 2. The van der Waals surface area contributed by atoms with Crippen LogP contribution in [0.4, 0.5) is 0 Å². The van der Waals surface area contributed by atoms with E-state index in [4.69, 9.17) is 20.7 Å². The van der Waals surface area contributed by atoms with Gasteiger partial charge in [-0.05, 0) is 17.9 Å². The van der Waals surface area contributed by atoms with Crippen LogP contribution >= 0.6 is 12.6 Å².